The summed E-state index contributed by atoms with van der Waals surface area (Å²) >= 11 is 3.54. The van der Waals surface area contributed by atoms with E-state index in [1.165, 1.54) is 10.5 Å². The lowest BCUT2D eigenvalue weighted by Gasteiger charge is -2.01. The average Bonchev–Trinajstić information content (AvgIpc) is 3.17. The van der Waals surface area contributed by atoms with Crippen LogP contribution in [-0.4, -0.2) is 15.2 Å². The maximum atomic E-state index is 4.64. The number of aromatic nitrogens is 3. The standard InChI is InChI=1S/C14H11N3S2/c1-2-5-10-9(4-1)8-12(19-10)14-15-13(16-17-14)11-6-3-7-18-11/h1-7,12H,8H2,(H,15,16,17). The van der Waals surface area contributed by atoms with Gasteiger partial charge in [-0.3, -0.25) is 5.10 Å². The topological polar surface area (TPSA) is 41.6 Å². The minimum absolute atomic E-state index is 0.360. The molecule has 0 aliphatic carbocycles. The predicted octanol–water partition coefficient (Wildman–Crippen LogP) is 3.92. The van der Waals surface area contributed by atoms with E-state index in [1.54, 1.807) is 11.3 Å². The molecular weight excluding hydrogens is 274 g/mol. The van der Waals surface area contributed by atoms with Crippen LogP contribution in [0.4, 0.5) is 0 Å². The molecule has 4 rings (SSSR count). The van der Waals surface area contributed by atoms with Gasteiger partial charge in [0.1, 0.15) is 5.82 Å². The molecular formula is C14H11N3S2. The summed E-state index contributed by atoms with van der Waals surface area (Å²) in [6, 6.07) is 12.6. The minimum Gasteiger partial charge on any atom is -0.262 e. The van der Waals surface area contributed by atoms with Crippen LogP contribution in [0.5, 0.6) is 0 Å². The van der Waals surface area contributed by atoms with Gasteiger partial charge < -0.3 is 0 Å². The van der Waals surface area contributed by atoms with Crippen molar-refractivity contribution in [3.63, 3.8) is 0 Å². The lowest BCUT2D eigenvalue weighted by molar-refractivity contribution is 0.857. The van der Waals surface area contributed by atoms with Gasteiger partial charge in [-0.2, -0.15) is 5.10 Å². The van der Waals surface area contributed by atoms with Gasteiger partial charge in [0.25, 0.3) is 0 Å². The second-order valence-electron chi connectivity index (χ2n) is 4.44. The Morgan fingerprint density at radius 1 is 1.16 bits per heavy atom. The summed E-state index contributed by atoms with van der Waals surface area (Å²) in [6.07, 6.45) is 1.03. The van der Waals surface area contributed by atoms with Gasteiger partial charge in [0.15, 0.2) is 5.82 Å². The van der Waals surface area contributed by atoms with Crippen molar-refractivity contribution in [2.45, 2.75) is 16.6 Å². The van der Waals surface area contributed by atoms with Crippen molar-refractivity contribution in [1.82, 2.24) is 15.2 Å². The monoisotopic (exact) mass is 285 g/mol. The fourth-order valence-electron chi connectivity index (χ4n) is 2.27. The van der Waals surface area contributed by atoms with Gasteiger partial charge in [0, 0.05) is 4.90 Å². The van der Waals surface area contributed by atoms with Gasteiger partial charge in [-0.25, -0.2) is 4.98 Å². The fraction of sp³-hybridized carbons (Fsp3) is 0.143. The Balaban J connectivity index is 1.62. The summed E-state index contributed by atoms with van der Waals surface area (Å²) in [6.45, 7) is 0. The molecule has 1 atom stereocenters. The number of fused-ring (bicyclic) bond motifs is 1. The largest absolute Gasteiger partial charge is 0.262 e. The van der Waals surface area contributed by atoms with E-state index >= 15 is 0 Å². The van der Waals surface area contributed by atoms with E-state index < -0.39 is 0 Å². The first kappa shape index (κ1) is 11.3. The Morgan fingerprint density at radius 2 is 2.11 bits per heavy atom. The summed E-state index contributed by atoms with van der Waals surface area (Å²) in [5.41, 5.74) is 1.41. The van der Waals surface area contributed by atoms with E-state index in [1.807, 2.05) is 29.3 Å². The zero-order chi connectivity index (χ0) is 12.7. The first-order valence-corrected chi connectivity index (χ1v) is 7.87. The summed E-state index contributed by atoms with van der Waals surface area (Å²) in [5.74, 6) is 1.78. The van der Waals surface area contributed by atoms with Gasteiger partial charge in [-0.05, 0) is 29.5 Å². The number of hydrogen-bond donors (Lipinski definition) is 1. The quantitative estimate of drug-likeness (QED) is 0.776. The Hall–Kier alpha value is -1.59. The third-order valence-electron chi connectivity index (χ3n) is 3.20. The van der Waals surface area contributed by atoms with Gasteiger partial charge in [0.2, 0.25) is 0 Å². The van der Waals surface area contributed by atoms with E-state index in [-0.39, 0.29) is 0 Å². The highest BCUT2D eigenvalue weighted by molar-refractivity contribution is 7.99. The maximum absolute atomic E-state index is 4.64. The zero-order valence-corrected chi connectivity index (χ0v) is 11.7. The molecule has 0 bridgehead atoms. The smallest absolute Gasteiger partial charge is 0.191 e. The number of nitrogens with one attached hydrogen (secondary N) is 1. The van der Waals surface area contributed by atoms with Crippen molar-refractivity contribution in [2.75, 3.05) is 0 Å². The first-order valence-electron chi connectivity index (χ1n) is 6.11. The molecule has 5 heteroatoms. The highest BCUT2D eigenvalue weighted by Gasteiger charge is 2.26. The third-order valence-corrected chi connectivity index (χ3v) is 5.39. The number of H-pyrrole nitrogens is 1. The molecule has 1 N–H and O–H groups in total. The fourth-order valence-corrected chi connectivity index (χ4v) is 4.17. The van der Waals surface area contributed by atoms with Crippen LogP contribution in [0, 0.1) is 0 Å². The molecule has 0 spiro atoms. The second-order valence-corrected chi connectivity index (χ2v) is 6.63. The van der Waals surface area contributed by atoms with Crippen molar-refractivity contribution >= 4 is 23.1 Å². The van der Waals surface area contributed by atoms with E-state index in [0.717, 1.165) is 22.9 Å². The van der Waals surface area contributed by atoms with Crippen LogP contribution < -0.4 is 0 Å². The highest BCUT2D eigenvalue weighted by atomic mass is 32.2. The van der Waals surface area contributed by atoms with E-state index in [0.29, 0.717) is 5.25 Å². The van der Waals surface area contributed by atoms with Crippen molar-refractivity contribution in [1.29, 1.82) is 0 Å². The molecule has 0 radical (unpaired) electrons. The molecule has 0 saturated heterocycles. The SMILES string of the molecule is c1csc(-c2n[nH]c(C3Cc4ccccc4S3)n2)c1. The van der Waals surface area contributed by atoms with E-state index in [2.05, 4.69) is 39.4 Å². The molecule has 1 aliphatic rings. The Morgan fingerprint density at radius 3 is 2.95 bits per heavy atom. The van der Waals surface area contributed by atoms with Crippen LogP contribution >= 0.6 is 23.1 Å². The van der Waals surface area contributed by atoms with E-state index in [4.69, 9.17) is 0 Å². The lowest BCUT2D eigenvalue weighted by Crippen LogP contribution is -1.95. The Bertz CT molecular complexity index is 678. The molecule has 2 aromatic heterocycles. The number of rotatable bonds is 2. The molecule has 0 fully saturated rings. The number of hydrogen-bond acceptors (Lipinski definition) is 4. The van der Waals surface area contributed by atoms with Gasteiger partial charge >= 0.3 is 0 Å². The molecule has 1 aliphatic heterocycles. The maximum Gasteiger partial charge on any atom is 0.191 e. The number of nitrogens with zero attached hydrogens (tertiary/aromatic N) is 2. The summed E-state index contributed by atoms with van der Waals surface area (Å²) in [5, 5.41) is 9.83. The molecule has 0 saturated carbocycles. The lowest BCUT2D eigenvalue weighted by atomic mass is 10.1. The van der Waals surface area contributed by atoms with Crippen LogP contribution in [-0.2, 0) is 6.42 Å². The summed E-state index contributed by atoms with van der Waals surface area (Å²) in [7, 11) is 0. The number of benzene rings is 1. The van der Waals surface area contributed by atoms with Gasteiger partial charge in [-0.1, -0.05) is 24.3 Å². The summed E-state index contributed by atoms with van der Waals surface area (Å²) in [4.78, 5) is 7.12. The van der Waals surface area contributed by atoms with Crippen molar-refractivity contribution < 1.29 is 0 Å². The molecule has 1 aromatic carbocycles. The number of thioether (sulfide) groups is 1. The minimum atomic E-state index is 0.360. The first-order chi connectivity index (χ1) is 9.40. The molecule has 3 aromatic rings. The van der Waals surface area contributed by atoms with Crippen molar-refractivity contribution in [3.05, 3.63) is 53.2 Å². The van der Waals surface area contributed by atoms with E-state index in [9.17, 15) is 0 Å². The van der Waals surface area contributed by atoms with Crippen LogP contribution in [0.1, 0.15) is 16.6 Å². The van der Waals surface area contributed by atoms with Crippen LogP contribution in [0.25, 0.3) is 10.7 Å². The average molecular weight is 285 g/mol. The molecule has 1 unspecified atom stereocenters. The van der Waals surface area contributed by atoms with Gasteiger partial charge in [0.05, 0.1) is 10.1 Å². The molecule has 3 nitrogen and oxygen atoms in total. The van der Waals surface area contributed by atoms with Crippen LogP contribution in [0.3, 0.4) is 0 Å². The molecule has 19 heavy (non-hydrogen) atoms. The Labute approximate surface area is 119 Å². The van der Waals surface area contributed by atoms with Crippen molar-refractivity contribution in [3.8, 4) is 10.7 Å². The number of thiophene rings is 1. The zero-order valence-electron chi connectivity index (χ0n) is 10.0. The van der Waals surface area contributed by atoms with Crippen molar-refractivity contribution in [2.24, 2.45) is 0 Å². The normalized spacial score (nSPS) is 17.6. The predicted molar refractivity (Wildman–Crippen MR) is 78.4 cm³/mol. The number of aromatic amines is 1. The van der Waals surface area contributed by atoms with Crippen LogP contribution in [0.2, 0.25) is 0 Å². The third kappa shape index (κ3) is 1.99. The molecule has 0 amide bonds. The van der Waals surface area contributed by atoms with Crippen LogP contribution in [0.15, 0.2) is 46.7 Å². The highest BCUT2D eigenvalue weighted by Crippen LogP contribution is 2.45. The molecule has 94 valence electrons. The second kappa shape index (κ2) is 4.51. The molecule has 3 heterocycles. The van der Waals surface area contributed by atoms with Gasteiger partial charge in [-0.15, -0.1) is 23.1 Å². The Kier molecular flexibility index (Phi) is 2.67. The summed E-state index contributed by atoms with van der Waals surface area (Å²) < 4.78 is 0.